The molecule has 0 radical (unpaired) electrons. The van der Waals surface area contributed by atoms with Crippen molar-refractivity contribution in [2.75, 3.05) is 0 Å². The van der Waals surface area contributed by atoms with Crippen molar-refractivity contribution in [3.63, 3.8) is 0 Å². The molecular weight excluding hydrogens is 516 g/mol. The molecule has 204 valence electrons. The molecule has 1 N–H and O–H groups in total. The van der Waals surface area contributed by atoms with Crippen LogP contribution in [0.3, 0.4) is 0 Å². The average Bonchev–Trinajstić information content (AvgIpc) is 3.49. The highest BCUT2D eigenvalue weighted by molar-refractivity contribution is 6.01. The molecule has 0 unspecified atom stereocenters. The molecule has 0 bridgehead atoms. The molecule has 1 amide bonds. The highest BCUT2D eigenvalue weighted by Crippen LogP contribution is 2.23. The van der Waals surface area contributed by atoms with Crippen LogP contribution < -0.4 is 10.9 Å². The summed E-state index contributed by atoms with van der Waals surface area (Å²) in [6, 6.07) is 16.0. The van der Waals surface area contributed by atoms with Crippen LogP contribution in [0.2, 0.25) is 0 Å². The maximum atomic E-state index is 14.2. The number of para-hydroxylation sites is 1. The highest BCUT2D eigenvalue weighted by Gasteiger charge is 2.24. The molecule has 4 heterocycles. The van der Waals surface area contributed by atoms with Crippen molar-refractivity contribution in [1.29, 1.82) is 0 Å². The Bertz CT molecular complexity index is 2020. The van der Waals surface area contributed by atoms with Gasteiger partial charge in [0.25, 0.3) is 11.5 Å². The van der Waals surface area contributed by atoms with E-state index in [9.17, 15) is 9.59 Å². The number of amides is 1. The topological polar surface area (TPSA) is 112 Å². The number of fused-ring (bicyclic) bond motifs is 2. The third-order valence-corrected chi connectivity index (χ3v) is 7.19. The van der Waals surface area contributed by atoms with Crippen molar-refractivity contribution in [3.8, 4) is 5.69 Å². The van der Waals surface area contributed by atoms with E-state index < -0.39 is 6.04 Å². The van der Waals surface area contributed by atoms with E-state index >= 15 is 0 Å². The minimum absolute atomic E-state index is 0.229. The molecule has 6 rings (SSSR count). The van der Waals surface area contributed by atoms with Gasteiger partial charge in [0.2, 0.25) is 0 Å². The highest BCUT2D eigenvalue weighted by atomic mass is 16.2. The molecule has 1 atom stereocenters. The van der Waals surface area contributed by atoms with Crippen LogP contribution in [0.1, 0.15) is 51.9 Å². The summed E-state index contributed by atoms with van der Waals surface area (Å²) in [4.78, 5) is 41.3. The Balaban J connectivity index is 1.47. The summed E-state index contributed by atoms with van der Waals surface area (Å²) >= 11 is 0. The van der Waals surface area contributed by atoms with Gasteiger partial charge in [-0.2, -0.15) is 5.10 Å². The van der Waals surface area contributed by atoms with Gasteiger partial charge in [-0.1, -0.05) is 36.4 Å². The Morgan fingerprint density at radius 3 is 2.56 bits per heavy atom. The van der Waals surface area contributed by atoms with Crippen molar-refractivity contribution in [2.45, 2.75) is 26.8 Å². The van der Waals surface area contributed by atoms with Crippen molar-refractivity contribution in [3.05, 3.63) is 118 Å². The van der Waals surface area contributed by atoms with Crippen LogP contribution in [0.25, 0.3) is 34.4 Å². The van der Waals surface area contributed by atoms with E-state index in [1.807, 2.05) is 86.1 Å². The lowest BCUT2D eigenvalue weighted by Crippen LogP contribution is -2.33. The first-order valence-corrected chi connectivity index (χ1v) is 13.2. The fourth-order valence-corrected chi connectivity index (χ4v) is 4.97. The van der Waals surface area contributed by atoms with Gasteiger partial charge < -0.3 is 9.88 Å². The minimum Gasteiger partial charge on any atom is -0.342 e. The summed E-state index contributed by atoms with van der Waals surface area (Å²) in [5.41, 5.74) is 4.01. The van der Waals surface area contributed by atoms with Gasteiger partial charge >= 0.3 is 0 Å². The molecule has 41 heavy (non-hydrogen) atoms. The van der Waals surface area contributed by atoms with Crippen LogP contribution in [0, 0.1) is 13.8 Å². The lowest BCUT2D eigenvalue weighted by atomic mass is 10.1. The van der Waals surface area contributed by atoms with Gasteiger partial charge in [-0.3, -0.25) is 14.2 Å². The van der Waals surface area contributed by atoms with Crippen molar-refractivity contribution in [2.24, 2.45) is 7.05 Å². The van der Waals surface area contributed by atoms with E-state index in [-0.39, 0.29) is 11.5 Å². The maximum absolute atomic E-state index is 14.2. The third-order valence-electron chi connectivity index (χ3n) is 7.19. The molecule has 0 aliphatic rings. The van der Waals surface area contributed by atoms with E-state index in [0.717, 1.165) is 17.1 Å². The van der Waals surface area contributed by atoms with Gasteiger partial charge in [-0.05, 0) is 56.7 Å². The van der Waals surface area contributed by atoms with Crippen LogP contribution in [0.5, 0.6) is 0 Å². The Hall–Kier alpha value is -5.38. The predicted octanol–water partition coefficient (Wildman–Crippen LogP) is 4.44. The molecule has 0 spiro atoms. The number of aryl methyl sites for hydroxylation is 2. The van der Waals surface area contributed by atoms with Gasteiger partial charge in [0.05, 0.1) is 40.2 Å². The summed E-state index contributed by atoms with van der Waals surface area (Å²) in [6.07, 6.45) is 9.00. The van der Waals surface area contributed by atoms with Crippen LogP contribution >= 0.6 is 0 Å². The number of hydrogen-bond acceptors (Lipinski definition) is 6. The van der Waals surface area contributed by atoms with Crippen molar-refractivity contribution < 1.29 is 4.79 Å². The molecular formula is C31H28N8O2. The smallest absolute Gasteiger partial charge is 0.266 e. The number of carbonyl (C=O) groups is 1. The monoisotopic (exact) mass is 544 g/mol. The first kappa shape index (κ1) is 25.9. The van der Waals surface area contributed by atoms with E-state index in [1.54, 1.807) is 40.7 Å². The first-order valence-electron chi connectivity index (χ1n) is 13.2. The van der Waals surface area contributed by atoms with E-state index in [0.29, 0.717) is 39.3 Å². The Kier molecular flexibility index (Phi) is 6.50. The summed E-state index contributed by atoms with van der Waals surface area (Å²) in [7, 11) is 1.95. The number of rotatable bonds is 6. The van der Waals surface area contributed by atoms with Crippen LogP contribution in [-0.4, -0.2) is 39.6 Å². The standard InChI is InChI=1S/C31H28N8O2/c1-19-26(29-32-16-9-17-38(29)36-19)30(40)34-20(2)28-35-25-13-8-10-22(14-15-24-18-33-21(3)37(24)4)27(25)31(41)39(28)23-11-6-5-7-12-23/h5-18,20H,1-4H3,(H,34,40)/b15-14+/t20-/m1/s1. The SMILES string of the molecule is Cc1nn2cccnc2c1C(=O)N[C@H](C)c1nc2cccc(/C=C/c3cnc(C)n3C)c2c(=O)n1-c1ccccc1. The molecule has 0 saturated carbocycles. The van der Waals surface area contributed by atoms with Gasteiger partial charge in [-0.25, -0.2) is 19.5 Å². The fourth-order valence-electron chi connectivity index (χ4n) is 4.97. The largest absolute Gasteiger partial charge is 0.342 e. The van der Waals surface area contributed by atoms with Crippen LogP contribution in [0.4, 0.5) is 0 Å². The number of nitrogens with zero attached hydrogens (tertiary/aromatic N) is 7. The molecule has 10 heteroatoms. The van der Waals surface area contributed by atoms with Gasteiger partial charge in [0, 0.05) is 19.4 Å². The number of hydrogen-bond donors (Lipinski definition) is 1. The zero-order valence-electron chi connectivity index (χ0n) is 23.1. The molecule has 0 saturated heterocycles. The van der Waals surface area contributed by atoms with Crippen LogP contribution in [0.15, 0.2) is 78.0 Å². The third kappa shape index (κ3) is 4.59. The molecule has 10 nitrogen and oxygen atoms in total. The molecule has 0 aliphatic heterocycles. The Morgan fingerprint density at radius 2 is 1.80 bits per heavy atom. The second-order valence-corrected chi connectivity index (χ2v) is 9.85. The summed E-state index contributed by atoms with van der Waals surface area (Å²) < 4.78 is 5.12. The first-order chi connectivity index (χ1) is 19.8. The second-order valence-electron chi connectivity index (χ2n) is 9.85. The predicted molar refractivity (Wildman–Crippen MR) is 158 cm³/mol. The van der Waals surface area contributed by atoms with E-state index in [1.165, 1.54) is 0 Å². The Labute approximate surface area is 235 Å². The lowest BCUT2D eigenvalue weighted by molar-refractivity contribution is 0.0938. The minimum atomic E-state index is -0.616. The molecule has 0 fully saturated rings. The van der Waals surface area contributed by atoms with E-state index in [4.69, 9.17) is 4.98 Å². The number of benzene rings is 2. The van der Waals surface area contributed by atoms with Crippen LogP contribution in [-0.2, 0) is 7.05 Å². The summed E-state index contributed by atoms with van der Waals surface area (Å²) in [5, 5.41) is 7.91. The number of aromatic nitrogens is 7. The second kappa shape index (κ2) is 10.3. The van der Waals surface area contributed by atoms with Crippen molar-refractivity contribution in [1.82, 2.24) is 39.0 Å². The normalized spacial score (nSPS) is 12.4. The molecule has 6 aromatic rings. The Morgan fingerprint density at radius 1 is 1.00 bits per heavy atom. The number of carbonyl (C=O) groups excluding carboxylic acids is 1. The van der Waals surface area contributed by atoms with Gasteiger partial charge in [0.1, 0.15) is 17.2 Å². The fraction of sp³-hybridized carbons (Fsp3) is 0.161. The molecule has 0 aliphatic carbocycles. The van der Waals surface area contributed by atoms with E-state index in [2.05, 4.69) is 20.4 Å². The maximum Gasteiger partial charge on any atom is 0.266 e. The quantitative estimate of drug-likeness (QED) is 0.332. The van der Waals surface area contributed by atoms with Gasteiger partial charge in [0.15, 0.2) is 5.65 Å². The average molecular weight is 545 g/mol. The number of imidazole rings is 1. The number of nitrogens with one attached hydrogen (secondary N) is 1. The van der Waals surface area contributed by atoms with Gasteiger partial charge in [-0.15, -0.1) is 0 Å². The summed E-state index contributed by atoms with van der Waals surface area (Å²) in [5.74, 6) is 0.958. The zero-order chi connectivity index (χ0) is 28.7. The lowest BCUT2D eigenvalue weighted by Gasteiger charge is -2.20. The molecule has 4 aromatic heterocycles. The van der Waals surface area contributed by atoms with Crippen molar-refractivity contribution >= 4 is 34.6 Å². The summed E-state index contributed by atoms with van der Waals surface area (Å²) in [6.45, 7) is 5.52. The zero-order valence-corrected chi connectivity index (χ0v) is 23.1. The molecule has 2 aromatic carbocycles.